The molecular formula is C7H10. The van der Waals surface area contributed by atoms with Gasteiger partial charge in [-0.1, -0.05) is 25.0 Å². The minimum absolute atomic E-state index is 0.963. The maximum atomic E-state index is 2.30. The highest BCUT2D eigenvalue weighted by molar-refractivity contribution is 5.62. The van der Waals surface area contributed by atoms with Crippen LogP contribution < -0.4 is 0 Å². The van der Waals surface area contributed by atoms with E-state index >= 15 is 0 Å². The Morgan fingerprint density at radius 3 is 2.14 bits per heavy atom. The van der Waals surface area contributed by atoms with Crippen LogP contribution in [-0.2, 0) is 0 Å². The van der Waals surface area contributed by atoms with Gasteiger partial charge in [0.25, 0.3) is 0 Å². The molecule has 0 nitrogen and oxygen atoms in total. The second-order valence-corrected chi connectivity index (χ2v) is 2.59. The lowest BCUT2D eigenvalue weighted by Crippen LogP contribution is -1.96. The van der Waals surface area contributed by atoms with Gasteiger partial charge in [-0.15, -0.1) is 0 Å². The van der Waals surface area contributed by atoms with Crippen molar-refractivity contribution < 1.29 is 0 Å². The van der Waals surface area contributed by atoms with E-state index < -0.39 is 0 Å². The molecule has 0 bridgehead atoms. The monoisotopic (exact) mass is 94.1 g/mol. The molecule has 0 aromatic heterocycles. The highest BCUT2D eigenvalue weighted by Gasteiger charge is 2.54. The van der Waals surface area contributed by atoms with Crippen LogP contribution >= 0.6 is 0 Å². The van der Waals surface area contributed by atoms with E-state index in [1.807, 2.05) is 0 Å². The first kappa shape index (κ1) is 3.71. The third-order valence-corrected chi connectivity index (χ3v) is 2.26. The van der Waals surface area contributed by atoms with Crippen LogP contribution in [0.5, 0.6) is 0 Å². The normalized spacial score (nSPS) is 28.3. The summed E-state index contributed by atoms with van der Waals surface area (Å²) >= 11 is 0. The minimum atomic E-state index is 0.963. The molecule has 0 spiro atoms. The molecule has 2 aliphatic rings. The van der Waals surface area contributed by atoms with Crippen molar-refractivity contribution in [1.29, 1.82) is 0 Å². The molecule has 0 fully saturated rings. The van der Waals surface area contributed by atoms with Crippen LogP contribution in [0, 0.1) is 11.8 Å². The van der Waals surface area contributed by atoms with E-state index in [1.165, 1.54) is 6.42 Å². The Balaban J connectivity index is 1.92. The van der Waals surface area contributed by atoms with Crippen LogP contribution in [0.1, 0.15) is 20.3 Å². The van der Waals surface area contributed by atoms with Crippen LogP contribution in [0.25, 0.3) is 0 Å². The molecule has 2 aliphatic carbocycles. The lowest BCUT2D eigenvalue weighted by atomic mass is 9.98. The minimum Gasteiger partial charge on any atom is -0.0645 e. The predicted molar refractivity (Wildman–Crippen MR) is 30.0 cm³/mol. The summed E-state index contributed by atoms with van der Waals surface area (Å²) in [6, 6.07) is 0. The first-order chi connectivity index (χ1) is 3.36. The molecule has 0 saturated heterocycles. The third-order valence-electron chi connectivity index (χ3n) is 2.26. The molecule has 0 heteroatoms. The quantitative estimate of drug-likeness (QED) is 0.436. The molecule has 0 aliphatic heterocycles. The summed E-state index contributed by atoms with van der Waals surface area (Å²) in [6.07, 6.45) is 1.37. The Kier molecular flexibility index (Phi) is 0.421. The van der Waals surface area contributed by atoms with Gasteiger partial charge in [0, 0.05) is 5.92 Å². The number of rotatable bonds is 1. The lowest BCUT2D eigenvalue weighted by Gasteiger charge is -2.06. The van der Waals surface area contributed by atoms with E-state index in [-0.39, 0.29) is 0 Å². The molecule has 7 heavy (non-hydrogen) atoms. The van der Waals surface area contributed by atoms with Crippen molar-refractivity contribution in [3.8, 4) is 0 Å². The summed E-state index contributed by atoms with van der Waals surface area (Å²) in [5, 5.41) is 0. The molecule has 38 valence electrons. The highest BCUT2D eigenvalue weighted by atomic mass is 14.6. The molecule has 2 rings (SSSR count). The first-order valence-corrected chi connectivity index (χ1v) is 3.10. The molecule has 0 radical (unpaired) electrons. The van der Waals surface area contributed by atoms with Gasteiger partial charge < -0.3 is 0 Å². The Hall–Kier alpha value is -0.260. The van der Waals surface area contributed by atoms with Gasteiger partial charge in [0.2, 0.25) is 0 Å². The summed E-state index contributed by atoms with van der Waals surface area (Å²) in [7, 11) is 0. The molecule has 0 amide bonds. The van der Waals surface area contributed by atoms with E-state index in [0.717, 1.165) is 11.8 Å². The highest BCUT2D eigenvalue weighted by Crippen LogP contribution is 2.66. The van der Waals surface area contributed by atoms with Gasteiger partial charge in [0.1, 0.15) is 0 Å². The average Bonchev–Trinajstić information content (AvgIpc) is 2.47. The van der Waals surface area contributed by atoms with Gasteiger partial charge in [0.15, 0.2) is 0 Å². The van der Waals surface area contributed by atoms with E-state index in [2.05, 4.69) is 13.8 Å². The van der Waals surface area contributed by atoms with Crippen molar-refractivity contribution in [1.82, 2.24) is 0 Å². The second-order valence-electron chi connectivity index (χ2n) is 2.59. The molecule has 0 aromatic carbocycles. The van der Waals surface area contributed by atoms with E-state index in [4.69, 9.17) is 0 Å². The second kappa shape index (κ2) is 0.795. The van der Waals surface area contributed by atoms with Crippen molar-refractivity contribution in [2.24, 2.45) is 11.8 Å². The van der Waals surface area contributed by atoms with Crippen molar-refractivity contribution in [3.05, 3.63) is 11.1 Å². The Labute approximate surface area is 44.2 Å². The van der Waals surface area contributed by atoms with Crippen molar-refractivity contribution >= 4 is 0 Å². The van der Waals surface area contributed by atoms with E-state index in [9.17, 15) is 0 Å². The Morgan fingerprint density at radius 1 is 1.43 bits per heavy atom. The van der Waals surface area contributed by atoms with Crippen LogP contribution in [0.3, 0.4) is 0 Å². The zero-order chi connectivity index (χ0) is 5.02. The lowest BCUT2D eigenvalue weighted by molar-refractivity contribution is 0.652. The first-order valence-electron chi connectivity index (χ1n) is 3.10. The number of allylic oxidation sites excluding steroid dienone is 2. The van der Waals surface area contributed by atoms with Crippen molar-refractivity contribution in [2.75, 3.05) is 0 Å². The van der Waals surface area contributed by atoms with Gasteiger partial charge in [-0.05, 0) is 12.3 Å². The number of hydrogen-bond acceptors (Lipinski definition) is 0. The van der Waals surface area contributed by atoms with Gasteiger partial charge in [-0.25, -0.2) is 0 Å². The summed E-state index contributed by atoms with van der Waals surface area (Å²) in [5.41, 5.74) is 3.59. The smallest absolute Gasteiger partial charge is 0.00224 e. The Morgan fingerprint density at radius 2 is 2.00 bits per heavy atom. The SMILES string of the molecule is CCC1C2=C1C2C. The third kappa shape index (κ3) is 0.255. The summed E-state index contributed by atoms with van der Waals surface area (Å²) < 4.78 is 0. The zero-order valence-corrected chi connectivity index (χ0v) is 4.86. The van der Waals surface area contributed by atoms with Gasteiger partial charge in [0.05, 0.1) is 0 Å². The molecule has 0 aromatic rings. The standard InChI is InChI=1S/C7H10/c1-3-5-6-4(2)7(5)6/h4-5H,3H2,1-2H3. The molecule has 0 unspecified atom stereocenters. The average molecular weight is 94.2 g/mol. The molecule has 0 saturated carbocycles. The maximum absolute atomic E-state index is 2.30. The molecular weight excluding hydrogens is 84.1 g/mol. The Bertz CT molecular complexity index is 128. The van der Waals surface area contributed by atoms with Crippen LogP contribution in [0.2, 0.25) is 0 Å². The van der Waals surface area contributed by atoms with Gasteiger partial charge in [-0.3, -0.25) is 0 Å². The zero-order valence-electron chi connectivity index (χ0n) is 4.86. The van der Waals surface area contributed by atoms with Gasteiger partial charge in [-0.2, -0.15) is 0 Å². The van der Waals surface area contributed by atoms with Crippen LogP contribution in [0.4, 0.5) is 0 Å². The maximum Gasteiger partial charge on any atom is 0.00224 e. The van der Waals surface area contributed by atoms with Crippen molar-refractivity contribution in [3.63, 3.8) is 0 Å². The summed E-state index contributed by atoms with van der Waals surface area (Å²) in [4.78, 5) is 0. The fourth-order valence-electron chi connectivity index (χ4n) is 1.64. The summed E-state index contributed by atoms with van der Waals surface area (Å²) in [5.74, 6) is 1.97. The predicted octanol–water partition coefficient (Wildman–Crippen LogP) is 1.97. The van der Waals surface area contributed by atoms with Crippen LogP contribution in [0.15, 0.2) is 11.1 Å². The topological polar surface area (TPSA) is 0 Å². The molecule has 0 atom stereocenters. The fourth-order valence-corrected chi connectivity index (χ4v) is 1.64. The van der Waals surface area contributed by atoms with Crippen LogP contribution in [-0.4, -0.2) is 0 Å². The van der Waals surface area contributed by atoms with Crippen molar-refractivity contribution in [2.45, 2.75) is 20.3 Å². The molecule has 0 N–H and O–H groups in total. The molecule has 0 heterocycles. The van der Waals surface area contributed by atoms with E-state index in [0.29, 0.717) is 0 Å². The fraction of sp³-hybridized carbons (Fsp3) is 0.714. The largest absolute Gasteiger partial charge is 0.0645 e. The van der Waals surface area contributed by atoms with Gasteiger partial charge >= 0.3 is 0 Å². The number of hydrogen-bond donors (Lipinski definition) is 0. The van der Waals surface area contributed by atoms with E-state index in [1.54, 1.807) is 11.1 Å². The summed E-state index contributed by atoms with van der Waals surface area (Å²) in [6.45, 7) is 4.57.